The van der Waals surface area contributed by atoms with Crippen molar-refractivity contribution in [2.45, 2.75) is 6.61 Å². The van der Waals surface area contributed by atoms with Crippen LogP contribution in [0.2, 0.25) is 5.02 Å². The number of hydrogen-bond donors (Lipinski definition) is 1. The molecule has 0 saturated carbocycles. The van der Waals surface area contributed by atoms with Gasteiger partial charge in [-0.15, -0.1) is 0 Å². The SMILES string of the molecule is COc1ccc(-c2nsc(CO)c2Cl)cc1. The number of aliphatic hydroxyl groups excluding tert-OH is 1. The summed E-state index contributed by atoms with van der Waals surface area (Å²) in [6.07, 6.45) is 0. The average molecular weight is 256 g/mol. The Hall–Kier alpha value is -1.10. The summed E-state index contributed by atoms with van der Waals surface area (Å²) in [6, 6.07) is 7.48. The molecule has 16 heavy (non-hydrogen) atoms. The number of hydrogen-bond acceptors (Lipinski definition) is 4. The van der Waals surface area contributed by atoms with Crippen LogP contribution in [0.3, 0.4) is 0 Å². The number of aliphatic hydroxyl groups is 1. The van der Waals surface area contributed by atoms with Crippen LogP contribution in [0.1, 0.15) is 4.88 Å². The Labute approximate surface area is 102 Å². The van der Waals surface area contributed by atoms with Gasteiger partial charge in [-0.3, -0.25) is 0 Å². The van der Waals surface area contributed by atoms with E-state index in [-0.39, 0.29) is 6.61 Å². The molecule has 0 saturated heterocycles. The number of halogens is 1. The van der Waals surface area contributed by atoms with E-state index in [1.165, 1.54) is 11.5 Å². The zero-order chi connectivity index (χ0) is 11.5. The van der Waals surface area contributed by atoms with Gasteiger partial charge in [0.25, 0.3) is 0 Å². The fourth-order valence-electron chi connectivity index (χ4n) is 1.34. The molecule has 0 spiro atoms. The number of rotatable bonds is 3. The van der Waals surface area contributed by atoms with Gasteiger partial charge in [-0.25, -0.2) is 0 Å². The Kier molecular flexibility index (Phi) is 3.43. The molecule has 1 N–H and O–H groups in total. The number of nitrogens with zero attached hydrogens (tertiary/aromatic N) is 1. The van der Waals surface area contributed by atoms with Crippen LogP contribution < -0.4 is 4.74 Å². The van der Waals surface area contributed by atoms with E-state index in [1.807, 2.05) is 24.3 Å². The topological polar surface area (TPSA) is 42.4 Å². The van der Waals surface area contributed by atoms with Gasteiger partial charge in [-0.05, 0) is 35.8 Å². The fraction of sp³-hybridized carbons (Fsp3) is 0.182. The predicted molar refractivity (Wildman–Crippen MR) is 65.0 cm³/mol. The van der Waals surface area contributed by atoms with Gasteiger partial charge in [0.2, 0.25) is 0 Å². The van der Waals surface area contributed by atoms with Crippen LogP contribution in [0.5, 0.6) is 5.75 Å². The minimum absolute atomic E-state index is 0.0767. The molecule has 1 aromatic carbocycles. The van der Waals surface area contributed by atoms with E-state index >= 15 is 0 Å². The number of benzene rings is 1. The Morgan fingerprint density at radius 3 is 2.56 bits per heavy atom. The minimum atomic E-state index is -0.0767. The zero-order valence-corrected chi connectivity index (χ0v) is 10.2. The predicted octanol–water partition coefficient (Wildman–Crippen LogP) is 2.96. The van der Waals surface area contributed by atoms with Crippen molar-refractivity contribution in [1.29, 1.82) is 0 Å². The van der Waals surface area contributed by atoms with Gasteiger partial charge in [0.15, 0.2) is 0 Å². The molecule has 84 valence electrons. The van der Waals surface area contributed by atoms with Gasteiger partial charge in [-0.2, -0.15) is 4.37 Å². The maximum Gasteiger partial charge on any atom is 0.118 e. The van der Waals surface area contributed by atoms with E-state index < -0.39 is 0 Å². The van der Waals surface area contributed by atoms with Crippen molar-refractivity contribution >= 4 is 23.1 Å². The summed E-state index contributed by atoms with van der Waals surface area (Å²) in [7, 11) is 1.62. The van der Waals surface area contributed by atoms with Crippen molar-refractivity contribution in [2.75, 3.05) is 7.11 Å². The molecule has 5 heteroatoms. The minimum Gasteiger partial charge on any atom is -0.497 e. The maximum absolute atomic E-state index is 9.03. The van der Waals surface area contributed by atoms with Crippen molar-refractivity contribution in [1.82, 2.24) is 4.37 Å². The summed E-state index contributed by atoms with van der Waals surface area (Å²) >= 11 is 7.31. The highest BCUT2D eigenvalue weighted by molar-refractivity contribution is 7.06. The summed E-state index contributed by atoms with van der Waals surface area (Å²) in [5.41, 5.74) is 1.63. The molecule has 0 atom stereocenters. The maximum atomic E-state index is 9.03. The van der Waals surface area contributed by atoms with Crippen molar-refractivity contribution < 1.29 is 9.84 Å². The number of ether oxygens (including phenoxy) is 1. The third-order valence-corrected chi connectivity index (χ3v) is 3.55. The van der Waals surface area contributed by atoms with E-state index in [2.05, 4.69) is 4.37 Å². The van der Waals surface area contributed by atoms with E-state index in [1.54, 1.807) is 7.11 Å². The second-order valence-corrected chi connectivity index (χ2v) is 4.39. The van der Waals surface area contributed by atoms with Crippen LogP contribution in [0.25, 0.3) is 11.3 Å². The monoisotopic (exact) mass is 255 g/mol. The molecule has 1 aromatic heterocycles. The van der Waals surface area contributed by atoms with Crippen LogP contribution in [0.4, 0.5) is 0 Å². The summed E-state index contributed by atoms with van der Waals surface area (Å²) in [6.45, 7) is -0.0767. The Bertz CT molecular complexity index is 481. The smallest absolute Gasteiger partial charge is 0.118 e. The lowest BCUT2D eigenvalue weighted by Crippen LogP contribution is -1.83. The lowest BCUT2D eigenvalue weighted by Gasteiger charge is -2.01. The Morgan fingerprint density at radius 1 is 1.38 bits per heavy atom. The van der Waals surface area contributed by atoms with E-state index in [0.29, 0.717) is 15.6 Å². The van der Waals surface area contributed by atoms with Gasteiger partial charge in [0.05, 0.1) is 23.6 Å². The Morgan fingerprint density at radius 2 is 2.06 bits per heavy atom. The molecule has 0 unspecified atom stereocenters. The van der Waals surface area contributed by atoms with Gasteiger partial charge in [-0.1, -0.05) is 11.6 Å². The molecule has 0 fully saturated rings. The van der Waals surface area contributed by atoms with Crippen LogP contribution in [-0.4, -0.2) is 16.6 Å². The molecule has 0 aliphatic rings. The summed E-state index contributed by atoms with van der Waals surface area (Å²) in [5.74, 6) is 0.789. The van der Waals surface area contributed by atoms with Crippen molar-refractivity contribution in [3.63, 3.8) is 0 Å². The molecule has 2 rings (SSSR count). The van der Waals surface area contributed by atoms with Gasteiger partial charge in [0, 0.05) is 5.56 Å². The standard InChI is InChI=1S/C11H10ClNO2S/c1-15-8-4-2-7(3-5-8)11-10(12)9(6-14)16-13-11/h2-5,14H,6H2,1H3. The van der Waals surface area contributed by atoms with E-state index in [9.17, 15) is 0 Å². The lowest BCUT2D eigenvalue weighted by molar-refractivity contribution is 0.285. The zero-order valence-electron chi connectivity index (χ0n) is 8.61. The normalized spacial score (nSPS) is 10.4. The fourth-order valence-corrected chi connectivity index (χ4v) is 2.34. The molecule has 0 aliphatic heterocycles. The molecule has 1 heterocycles. The van der Waals surface area contributed by atoms with Gasteiger partial charge < -0.3 is 9.84 Å². The largest absolute Gasteiger partial charge is 0.497 e. The van der Waals surface area contributed by atoms with E-state index in [0.717, 1.165) is 11.3 Å². The molecule has 0 aliphatic carbocycles. The van der Waals surface area contributed by atoms with E-state index in [4.69, 9.17) is 21.4 Å². The van der Waals surface area contributed by atoms with Crippen LogP contribution in [0, 0.1) is 0 Å². The quantitative estimate of drug-likeness (QED) is 0.917. The first kappa shape index (κ1) is 11.4. The molecule has 2 aromatic rings. The summed E-state index contributed by atoms with van der Waals surface area (Å²) in [5, 5.41) is 9.55. The molecule has 0 radical (unpaired) electrons. The second-order valence-electron chi connectivity index (χ2n) is 3.15. The number of methoxy groups -OCH3 is 1. The van der Waals surface area contributed by atoms with Crippen molar-refractivity contribution in [3.8, 4) is 17.0 Å². The highest BCUT2D eigenvalue weighted by Crippen LogP contribution is 2.33. The number of aromatic nitrogens is 1. The van der Waals surface area contributed by atoms with Gasteiger partial charge >= 0.3 is 0 Å². The third kappa shape index (κ3) is 2.04. The first-order valence-electron chi connectivity index (χ1n) is 4.65. The van der Waals surface area contributed by atoms with Gasteiger partial charge in [0.1, 0.15) is 11.4 Å². The van der Waals surface area contributed by atoms with Crippen molar-refractivity contribution in [2.24, 2.45) is 0 Å². The molecular weight excluding hydrogens is 246 g/mol. The average Bonchev–Trinajstić information content (AvgIpc) is 2.70. The van der Waals surface area contributed by atoms with Crippen LogP contribution >= 0.6 is 23.1 Å². The third-order valence-electron chi connectivity index (χ3n) is 2.21. The second kappa shape index (κ2) is 4.82. The first-order chi connectivity index (χ1) is 7.76. The van der Waals surface area contributed by atoms with Crippen molar-refractivity contribution in [3.05, 3.63) is 34.2 Å². The highest BCUT2D eigenvalue weighted by atomic mass is 35.5. The lowest BCUT2D eigenvalue weighted by atomic mass is 10.1. The molecule has 0 amide bonds. The Balaban J connectivity index is 2.38. The molecular formula is C11H10ClNO2S. The molecule has 3 nitrogen and oxygen atoms in total. The summed E-state index contributed by atoms with van der Waals surface area (Å²) < 4.78 is 9.29. The summed E-state index contributed by atoms with van der Waals surface area (Å²) in [4.78, 5) is 0.687. The highest BCUT2D eigenvalue weighted by Gasteiger charge is 2.12. The molecule has 0 bridgehead atoms. The van der Waals surface area contributed by atoms with Crippen LogP contribution in [0.15, 0.2) is 24.3 Å². The van der Waals surface area contributed by atoms with Crippen LogP contribution in [-0.2, 0) is 6.61 Å². The first-order valence-corrected chi connectivity index (χ1v) is 5.80.